The molecule has 0 bridgehead atoms. The van der Waals surface area contributed by atoms with Crippen LogP contribution in [-0.4, -0.2) is 28.2 Å². The molecule has 3 fully saturated rings. The molecule has 4 rings (SSSR count). The van der Waals surface area contributed by atoms with Crippen molar-refractivity contribution >= 4 is 5.78 Å². The van der Waals surface area contributed by atoms with Gasteiger partial charge in [-0.15, -0.1) is 0 Å². The van der Waals surface area contributed by atoms with E-state index >= 15 is 0 Å². The topological polar surface area (TPSA) is 57.5 Å². The Balaban J connectivity index is 1.49. The van der Waals surface area contributed by atoms with Crippen molar-refractivity contribution in [1.29, 1.82) is 0 Å². The summed E-state index contributed by atoms with van der Waals surface area (Å²) in [6.07, 6.45) is 15.2. The van der Waals surface area contributed by atoms with Gasteiger partial charge in [-0.2, -0.15) is 0 Å². The van der Waals surface area contributed by atoms with Gasteiger partial charge in [0.05, 0.1) is 12.2 Å². The lowest BCUT2D eigenvalue weighted by molar-refractivity contribution is -0.111. The van der Waals surface area contributed by atoms with E-state index in [-0.39, 0.29) is 23.7 Å². The molecular formula is C28H44O3. The summed E-state index contributed by atoms with van der Waals surface area (Å²) in [4.78, 5) is 12.0. The Bertz CT molecular complexity index is 766. The number of carbonyl (C=O) groups excluding carboxylic acids is 1. The SMILES string of the molecule is CC(CCC(O)(CO)C(C)C)C1CCC2C3CCC4=CC(=O)C=CC4(C)C3CCC12C. The Kier molecular flexibility index (Phi) is 6.10. The van der Waals surface area contributed by atoms with Crippen molar-refractivity contribution in [3.05, 3.63) is 23.8 Å². The van der Waals surface area contributed by atoms with E-state index in [4.69, 9.17) is 0 Å². The zero-order valence-electron chi connectivity index (χ0n) is 20.4. The summed E-state index contributed by atoms with van der Waals surface area (Å²) >= 11 is 0. The second-order valence-electron chi connectivity index (χ2n) is 12.3. The highest BCUT2D eigenvalue weighted by molar-refractivity contribution is 6.01. The molecule has 3 nitrogen and oxygen atoms in total. The molecule has 31 heavy (non-hydrogen) atoms. The fourth-order valence-electron chi connectivity index (χ4n) is 8.40. The minimum Gasteiger partial charge on any atom is -0.393 e. The van der Waals surface area contributed by atoms with Gasteiger partial charge in [0.1, 0.15) is 0 Å². The van der Waals surface area contributed by atoms with E-state index in [2.05, 4.69) is 26.8 Å². The molecule has 0 aromatic heterocycles. The third kappa shape index (κ3) is 3.68. The van der Waals surface area contributed by atoms with Crippen molar-refractivity contribution in [1.82, 2.24) is 0 Å². The molecule has 0 spiro atoms. The zero-order valence-corrected chi connectivity index (χ0v) is 20.4. The maximum Gasteiger partial charge on any atom is 0.178 e. The van der Waals surface area contributed by atoms with Crippen LogP contribution in [0.3, 0.4) is 0 Å². The van der Waals surface area contributed by atoms with Gasteiger partial charge in [0.2, 0.25) is 0 Å². The predicted molar refractivity (Wildman–Crippen MR) is 125 cm³/mol. The number of hydrogen-bond donors (Lipinski definition) is 2. The summed E-state index contributed by atoms with van der Waals surface area (Å²) in [6.45, 7) is 11.2. The summed E-state index contributed by atoms with van der Waals surface area (Å²) in [5, 5.41) is 20.6. The molecule has 8 atom stereocenters. The third-order valence-electron chi connectivity index (χ3n) is 10.7. The van der Waals surface area contributed by atoms with Crippen LogP contribution >= 0.6 is 0 Å². The summed E-state index contributed by atoms with van der Waals surface area (Å²) < 4.78 is 0. The van der Waals surface area contributed by atoms with E-state index in [9.17, 15) is 15.0 Å². The van der Waals surface area contributed by atoms with Crippen molar-refractivity contribution in [3.8, 4) is 0 Å². The Morgan fingerprint density at radius 2 is 1.87 bits per heavy atom. The highest BCUT2D eigenvalue weighted by Crippen LogP contribution is 2.67. The Hall–Kier alpha value is -0.930. The molecule has 0 amide bonds. The molecule has 2 N–H and O–H groups in total. The number of carbonyl (C=O) groups is 1. The van der Waals surface area contributed by atoms with Crippen LogP contribution in [0.25, 0.3) is 0 Å². The molecule has 0 heterocycles. The molecule has 0 radical (unpaired) electrons. The van der Waals surface area contributed by atoms with Gasteiger partial charge in [-0.05, 0) is 104 Å². The maximum atomic E-state index is 12.0. The lowest BCUT2D eigenvalue weighted by atomic mass is 9.47. The smallest absolute Gasteiger partial charge is 0.178 e. The number of aliphatic hydroxyl groups is 2. The molecule has 3 heteroatoms. The van der Waals surface area contributed by atoms with Gasteiger partial charge >= 0.3 is 0 Å². The van der Waals surface area contributed by atoms with Gasteiger partial charge in [0.15, 0.2) is 5.78 Å². The fraction of sp³-hybridized carbons (Fsp3) is 0.821. The summed E-state index contributed by atoms with van der Waals surface area (Å²) in [7, 11) is 0. The molecule has 174 valence electrons. The van der Waals surface area contributed by atoms with Crippen LogP contribution in [0.15, 0.2) is 23.8 Å². The third-order valence-corrected chi connectivity index (χ3v) is 10.7. The van der Waals surface area contributed by atoms with Crippen molar-refractivity contribution < 1.29 is 15.0 Å². The van der Waals surface area contributed by atoms with Crippen LogP contribution in [0.1, 0.15) is 86.0 Å². The molecule has 4 aliphatic carbocycles. The van der Waals surface area contributed by atoms with Crippen LogP contribution in [0.2, 0.25) is 0 Å². The molecule has 0 aromatic rings. The van der Waals surface area contributed by atoms with E-state index < -0.39 is 5.60 Å². The molecule has 8 unspecified atom stereocenters. The lowest BCUT2D eigenvalue weighted by Crippen LogP contribution is -2.50. The quantitative estimate of drug-likeness (QED) is 0.570. The van der Waals surface area contributed by atoms with E-state index in [0.29, 0.717) is 29.6 Å². The molecule has 0 saturated heterocycles. The highest BCUT2D eigenvalue weighted by atomic mass is 16.3. The van der Waals surface area contributed by atoms with Gasteiger partial charge in [-0.25, -0.2) is 0 Å². The number of hydrogen-bond acceptors (Lipinski definition) is 3. The normalized spacial score (nSPS) is 42.5. The summed E-state index contributed by atoms with van der Waals surface area (Å²) in [5.74, 6) is 3.75. The monoisotopic (exact) mass is 428 g/mol. The van der Waals surface area contributed by atoms with Crippen molar-refractivity contribution in [3.63, 3.8) is 0 Å². The standard InChI is InChI=1S/C28H44O3/c1-18(2)28(31,17-29)15-10-19(3)23-8-9-24-22-7-6-20-16-21(30)11-13-26(20,4)25(22)12-14-27(23,24)5/h11,13,16,18-19,22-25,29,31H,6-10,12,14-15,17H2,1-5H3. The van der Waals surface area contributed by atoms with Gasteiger partial charge in [0.25, 0.3) is 0 Å². The van der Waals surface area contributed by atoms with Crippen LogP contribution in [0.4, 0.5) is 0 Å². The first-order valence-electron chi connectivity index (χ1n) is 12.8. The second-order valence-corrected chi connectivity index (χ2v) is 12.3. The number of allylic oxidation sites excluding steroid dienone is 4. The molecule has 4 aliphatic rings. The minimum atomic E-state index is -0.948. The van der Waals surface area contributed by atoms with E-state index in [0.717, 1.165) is 24.7 Å². The number of aliphatic hydroxyl groups excluding tert-OH is 1. The zero-order chi connectivity index (χ0) is 22.6. The first-order valence-corrected chi connectivity index (χ1v) is 12.8. The van der Waals surface area contributed by atoms with Gasteiger partial charge < -0.3 is 10.2 Å². The maximum absolute atomic E-state index is 12.0. The Morgan fingerprint density at radius 1 is 1.13 bits per heavy atom. The van der Waals surface area contributed by atoms with Crippen molar-refractivity contribution in [2.24, 2.45) is 46.3 Å². The number of rotatable bonds is 6. The number of fused-ring (bicyclic) bond motifs is 5. The summed E-state index contributed by atoms with van der Waals surface area (Å²) in [5.41, 5.74) is 0.902. The largest absolute Gasteiger partial charge is 0.393 e. The van der Waals surface area contributed by atoms with E-state index in [1.54, 1.807) is 0 Å². The minimum absolute atomic E-state index is 0.0766. The first-order chi connectivity index (χ1) is 14.5. The van der Waals surface area contributed by atoms with Gasteiger partial charge in [-0.1, -0.05) is 46.3 Å². The average molecular weight is 429 g/mol. The van der Waals surface area contributed by atoms with E-state index in [1.165, 1.54) is 37.7 Å². The molecule has 0 aromatic carbocycles. The first kappa shape index (κ1) is 23.2. The Labute approximate surface area is 189 Å². The second kappa shape index (κ2) is 8.13. The number of ketones is 1. The highest BCUT2D eigenvalue weighted by Gasteiger charge is 2.59. The van der Waals surface area contributed by atoms with Gasteiger partial charge in [-0.3, -0.25) is 4.79 Å². The van der Waals surface area contributed by atoms with Crippen LogP contribution in [0.5, 0.6) is 0 Å². The molecular weight excluding hydrogens is 384 g/mol. The van der Waals surface area contributed by atoms with Crippen LogP contribution in [0, 0.1) is 46.3 Å². The molecule has 0 aliphatic heterocycles. The van der Waals surface area contributed by atoms with Crippen LogP contribution < -0.4 is 0 Å². The van der Waals surface area contributed by atoms with E-state index in [1.807, 2.05) is 26.0 Å². The predicted octanol–water partition coefficient (Wildman–Crippen LogP) is 5.71. The lowest BCUT2D eigenvalue weighted by Gasteiger charge is -2.57. The van der Waals surface area contributed by atoms with Crippen molar-refractivity contribution in [2.45, 2.75) is 91.6 Å². The Morgan fingerprint density at radius 3 is 2.55 bits per heavy atom. The van der Waals surface area contributed by atoms with Crippen molar-refractivity contribution in [2.75, 3.05) is 6.61 Å². The fourth-order valence-corrected chi connectivity index (χ4v) is 8.40. The average Bonchev–Trinajstić information content (AvgIpc) is 3.09. The van der Waals surface area contributed by atoms with Gasteiger partial charge in [0, 0.05) is 5.41 Å². The molecule has 3 saturated carbocycles. The summed E-state index contributed by atoms with van der Waals surface area (Å²) in [6, 6.07) is 0. The van der Waals surface area contributed by atoms with Crippen LogP contribution in [-0.2, 0) is 4.79 Å².